The Hall–Kier alpha value is -1.16. The number of carbonyl (C=O) groups excluding carboxylic acids is 2. The first kappa shape index (κ1) is 15.9. The van der Waals surface area contributed by atoms with Gasteiger partial charge in [0.25, 0.3) is 0 Å². The van der Waals surface area contributed by atoms with E-state index in [4.69, 9.17) is 4.74 Å². The van der Waals surface area contributed by atoms with Gasteiger partial charge in [-0.05, 0) is 38.8 Å². The smallest absolute Gasteiger partial charge is 0.323 e. The van der Waals surface area contributed by atoms with Crippen LogP contribution in [0.15, 0.2) is 18.2 Å². The molecule has 1 aromatic rings. The molecule has 4 heteroatoms. The van der Waals surface area contributed by atoms with Crippen LogP contribution in [0.4, 0.5) is 0 Å². The molecule has 1 rings (SSSR count). The van der Waals surface area contributed by atoms with Crippen LogP contribution in [0.2, 0.25) is 0 Å². The monoisotopic (exact) mass is 326 g/mol. The fraction of sp³-hybridized carbons (Fsp3) is 0.467. The number of ether oxygens (including phenoxy) is 1. The zero-order chi connectivity index (χ0) is 14.6. The molecular weight excluding hydrogens is 308 g/mol. The highest BCUT2D eigenvalue weighted by molar-refractivity contribution is 9.09. The first-order valence-electron chi connectivity index (χ1n) is 6.22. The third-order valence-corrected chi connectivity index (χ3v) is 3.79. The van der Waals surface area contributed by atoms with Crippen LogP contribution in [0.5, 0.6) is 0 Å². The summed E-state index contributed by atoms with van der Waals surface area (Å²) in [5.41, 5.74) is 1.47. The molecule has 104 valence electrons. The Morgan fingerprint density at radius 3 is 2.42 bits per heavy atom. The molecule has 1 unspecified atom stereocenters. The first-order valence-corrected chi connectivity index (χ1v) is 7.34. The zero-order valence-electron chi connectivity index (χ0n) is 11.7. The molecule has 0 fully saturated rings. The van der Waals surface area contributed by atoms with E-state index in [9.17, 15) is 9.59 Å². The SMILES string of the molecule is CCOC(=O)C(C)(C(=O)CBr)c1ccc(C)cc1C. The third kappa shape index (κ3) is 3.06. The second-order valence-corrected chi connectivity index (χ2v) is 5.28. The molecule has 19 heavy (non-hydrogen) atoms. The van der Waals surface area contributed by atoms with Crippen molar-refractivity contribution in [2.45, 2.75) is 33.1 Å². The predicted octanol–water partition coefficient (Wildman–Crippen LogP) is 3.09. The fourth-order valence-electron chi connectivity index (χ4n) is 2.16. The lowest BCUT2D eigenvalue weighted by atomic mass is 9.76. The molecule has 0 aliphatic heterocycles. The van der Waals surface area contributed by atoms with E-state index in [0.717, 1.165) is 11.1 Å². The van der Waals surface area contributed by atoms with Crippen LogP contribution < -0.4 is 0 Å². The van der Waals surface area contributed by atoms with Gasteiger partial charge < -0.3 is 4.74 Å². The minimum atomic E-state index is -1.25. The van der Waals surface area contributed by atoms with Crippen molar-refractivity contribution in [3.8, 4) is 0 Å². The minimum absolute atomic E-state index is 0.121. The molecule has 0 aliphatic carbocycles. The second kappa shape index (κ2) is 6.33. The number of Topliss-reactive ketones (excluding diaryl/α,β-unsaturated/α-hetero) is 1. The average Bonchev–Trinajstić information content (AvgIpc) is 2.37. The predicted molar refractivity (Wildman–Crippen MR) is 78.7 cm³/mol. The quantitative estimate of drug-likeness (QED) is 0.474. The largest absolute Gasteiger partial charge is 0.465 e. The Morgan fingerprint density at radius 2 is 1.95 bits per heavy atom. The van der Waals surface area contributed by atoms with Gasteiger partial charge in [0.05, 0.1) is 11.9 Å². The van der Waals surface area contributed by atoms with Gasteiger partial charge in [0.2, 0.25) is 0 Å². The van der Waals surface area contributed by atoms with Crippen molar-refractivity contribution in [1.82, 2.24) is 0 Å². The highest BCUT2D eigenvalue weighted by Crippen LogP contribution is 2.30. The Balaban J connectivity index is 3.39. The van der Waals surface area contributed by atoms with Gasteiger partial charge in [-0.25, -0.2) is 0 Å². The van der Waals surface area contributed by atoms with Crippen molar-refractivity contribution in [3.05, 3.63) is 34.9 Å². The van der Waals surface area contributed by atoms with Crippen molar-refractivity contribution < 1.29 is 14.3 Å². The first-order chi connectivity index (χ1) is 8.87. The van der Waals surface area contributed by atoms with Crippen molar-refractivity contribution in [3.63, 3.8) is 0 Å². The molecule has 0 bridgehead atoms. The standard InChI is InChI=1S/C15H19BrO3/c1-5-19-14(18)15(4,13(17)9-16)12-7-6-10(2)8-11(12)3/h6-8H,5,9H2,1-4H3. The number of esters is 1. The number of halogens is 1. The Labute approximate surface area is 122 Å². The molecule has 0 aliphatic rings. The number of benzene rings is 1. The van der Waals surface area contributed by atoms with E-state index in [-0.39, 0.29) is 17.7 Å². The van der Waals surface area contributed by atoms with Gasteiger partial charge in [-0.15, -0.1) is 0 Å². The van der Waals surface area contributed by atoms with Gasteiger partial charge in [-0.2, -0.15) is 0 Å². The fourth-order valence-corrected chi connectivity index (χ4v) is 2.72. The summed E-state index contributed by atoms with van der Waals surface area (Å²) >= 11 is 3.15. The number of hydrogen-bond acceptors (Lipinski definition) is 3. The lowest BCUT2D eigenvalue weighted by Crippen LogP contribution is -2.43. The third-order valence-electron chi connectivity index (χ3n) is 3.28. The number of aryl methyl sites for hydroxylation is 2. The topological polar surface area (TPSA) is 43.4 Å². The molecule has 0 aromatic heterocycles. The number of carbonyl (C=O) groups is 2. The van der Waals surface area contributed by atoms with Crippen LogP contribution in [0.25, 0.3) is 0 Å². The maximum atomic E-state index is 12.2. The lowest BCUT2D eigenvalue weighted by Gasteiger charge is -2.27. The summed E-state index contributed by atoms with van der Waals surface area (Å²) in [6.07, 6.45) is 0. The van der Waals surface area contributed by atoms with Crippen LogP contribution in [0.1, 0.15) is 30.5 Å². The van der Waals surface area contributed by atoms with E-state index in [1.807, 2.05) is 32.0 Å². The Bertz CT molecular complexity index is 496. The minimum Gasteiger partial charge on any atom is -0.465 e. The van der Waals surface area contributed by atoms with E-state index in [1.54, 1.807) is 13.8 Å². The van der Waals surface area contributed by atoms with Crippen molar-refractivity contribution in [1.29, 1.82) is 0 Å². The normalized spacial score (nSPS) is 13.7. The summed E-state index contributed by atoms with van der Waals surface area (Å²) in [7, 11) is 0. The van der Waals surface area contributed by atoms with Gasteiger partial charge in [-0.3, -0.25) is 9.59 Å². The maximum absolute atomic E-state index is 12.2. The molecule has 0 N–H and O–H groups in total. The summed E-state index contributed by atoms with van der Waals surface area (Å²) in [6.45, 7) is 7.51. The Kier molecular flexibility index (Phi) is 5.29. The molecule has 0 heterocycles. The van der Waals surface area contributed by atoms with Crippen LogP contribution in [-0.4, -0.2) is 23.7 Å². The zero-order valence-corrected chi connectivity index (χ0v) is 13.3. The molecule has 1 atom stereocenters. The number of alkyl halides is 1. The van der Waals surface area contributed by atoms with Gasteiger partial charge in [0.1, 0.15) is 5.41 Å². The molecule has 0 amide bonds. The molecule has 0 saturated heterocycles. The van der Waals surface area contributed by atoms with E-state index in [2.05, 4.69) is 15.9 Å². The highest BCUT2D eigenvalue weighted by atomic mass is 79.9. The average molecular weight is 327 g/mol. The molecule has 0 spiro atoms. The van der Waals surface area contributed by atoms with Crippen molar-refractivity contribution >= 4 is 27.7 Å². The van der Waals surface area contributed by atoms with Gasteiger partial charge in [-0.1, -0.05) is 39.7 Å². The lowest BCUT2D eigenvalue weighted by molar-refractivity contribution is -0.152. The van der Waals surface area contributed by atoms with Crippen LogP contribution in [-0.2, 0) is 19.7 Å². The summed E-state index contributed by atoms with van der Waals surface area (Å²) in [5, 5.41) is 0.121. The Morgan fingerprint density at radius 1 is 1.32 bits per heavy atom. The van der Waals surface area contributed by atoms with E-state index >= 15 is 0 Å². The van der Waals surface area contributed by atoms with E-state index in [1.165, 1.54) is 0 Å². The molecule has 1 aromatic carbocycles. The van der Waals surface area contributed by atoms with Gasteiger partial charge in [0.15, 0.2) is 5.78 Å². The summed E-state index contributed by atoms with van der Waals surface area (Å²) in [5.74, 6) is -0.690. The second-order valence-electron chi connectivity index (χ2n) is 4.72. The highest BCUT2D eigenvalue weighted by Gasteiger charge is 2.44. The maximum Gasteiger partial charge on any atom is 0.323 e. The molecule has 0 radical (unpaired) electrons. The molecular formula is C15H19BrO3. The van der Waals surface area contributed by atoms with E-state index in [0.29, 0.717) is 5.56 Å². The van der Waals surface area contributed by atoms with Gasteiger partial charge >= 0.3 is 5.97 Å². The number of hydrogen-bond donors (Lipinski definition) is 0. The number of ketones is 1. The number of rotatable bonds is 5. The van der Waals surface area contributed by atoms with Crippen molar-refractivity contribution in [2.24, 2.45) is 0 Å². The molecule has 3 nitrogen and oxygen atoms in total. The van der Waals surface area contributed by atoms with Crippen LogP contribution >= 0.6 is 15.9 Å². The summed E-state index contributed by atoms with van der Waals surface area (Å²) in [4.78, 5) is 24.5. The summed E-state index contributed by atoms with van der Waals surface area (Å²) < 4.78 is 5.09. The summed E-state index contributed by atoms with van der Waals surface area (Å²) in [6, 6.07) is 5.71. The molecule has 0 saturated carbocycles. The van der Waals surface area contributed by atoms with E-state index < -0.39 is 11.4 Å². The van der Waals surface area contributed by atoms with Crippen LogP contribution in [0, 0.1) is 13.8 Å². The van der Waals surface area contributed by atoms with Crippen LogP contribution in [0.3, 0.4) is 0 Å². The van der Waals surface area contributed by atoms with Crippen molar-refractivity contribution in [2.75, 3.05) is 11.9 Å². The van der Waals surface area contributed by atoms with Gasteiger partial charge in [0, 0.05) is 0 Å².